The van der Waals surface area contributed by atoms with Crippen molar-refractivity contribution < 1.29 is 4.74 Å². The first kappa shape index (κ1) is 9.25. The minimum Gasteiger partial charge on any atom is -0.378 e. The molecule has 1 fully saturated rings. The molecule has 0 spiro atoms. The van der Waals surface area contributed by atoms with Crippen LogP contribution in [0.15, 0.2) is 18.5 Å². The molecule has 0 amide bonds. The van der Waals surface area contributed by atoms with Crippen LogP contribution >= 0.6 is 0 Å². The highest BCUT2D eigenvalue weighted by atomic mass is 16.5. The predicted octanol–water partition coefficient (Wildman–Crippen LogP) is 0.815. The third-order valence-electron chi connectivity index (χ3n) is 2.74. The van der Waals surface area contributed by atoms with Crippen molar-refractivity contribution in [2.24, 2.45) is 5.41 Å². The van der Waals surface area contributed by atoms with Crippen molar-refractivity contribution in [3.63, 3.8) is 0 Å². The zero-order valence-corrected chi connectivity index (χ0v) is 8.08. The Morgan fingerprint density at radius 1 is 1.71 bits per heavy atom. The van der Waals surface area contributed by atoms with Crippen LogP contribution in [0.3, 0.4) is 0 Å². The van der Waals surface area contributed by atoms with E-state index in [0.717, 1.165) is 5.56 Å². The van der Waals surface area contributed by atoms with E-state index in [0.29, 0.717) is 13.2 Å². The summed E-state index contributed by atoms with van der Waals surface area (Å²) in [4.78, 5) is 3.00. The molecule has 74 valence electrons. The molecule has 1 unspecified atom stereocenters. The molecule has 14 heavy (non-hydrogen) atoms. The number of rotatable bonds is 3. The molecule has 4 heteroatoms. The van der Waals surface area contributed by atoms with Gasteiger partial charge in [0, 0.05) is 12.4 Å². The van der Waals surface area contributed by atoms with Crippen molar-refractivity contribution in [2.75, 3.05) is 20.3 Å². The van der Waals surface area contributed by atoms with Gasteiger partial charge in [-0.3, -0.25) is 0 Å². The number of nitrogens with one attached hydrogen (secondary N) is 2. The summed E-state index contributed by atoms with van der Waals surface area (Å²) in [5, 5.41) is 12.3. The molecule has 0 saturated carbocycles. The Balaban J connectivity index is 2.26. The quantitative estimate of drug-likeness (QED) is 0.743. The molecular formula is C10H13N3O. The van der Waals surface area contributed by atoms with E-state index in [4.69, 9.17) is 10.00 Å². The average Bonchev–Trinajstić information content (AvgIpc) is 2.63. The summed E-state index contributed by atoms with van der Waals surface area (Å²) in [5.74, 6) is 0. The molecule has 2 heterocycles. The average molecular weight is 191 g/mol. The van der Waals surface area contributed by atoms with Crippen molar-refractivity contribution in [3.8, 4) is 6.07 Å². The van der Waals surface area contributed by atoms with Gasteiger partial charge in [0.25, 0.3) is 0 Å². The molecule has 2 rings (SSSR count). The van der Waals surface area contributed by atoms with Crippen LogP contribution in [-0.2, 0) is 4.74 Å². The van der Waals surface area contributed by atoms with E-state index < -0.39 is 5.41 Å². The maximum atomic E-state index is 9.16. The van der Waals surface area contributed by atoms with Crippen molar-refractivity contribution in [1.82, 2.24) is 10.3 Å². The maximum absolute atomic E-state index is 9.16. The zero-order chi connectivity index (χ0) is 10.0. The highest BCUT2D eigenvalue weighted by Crippen LogP contribution is 2.39. The molecule has 1 saturated heterocycles. The van der Waals surface area contributed by atoms with Gasteiger partial charge in [0.05, 0.1) is 25.3 Å². The normalized spacial score (nSPS) is 20.9. The lowest BCUT2D eigenvalue weighted by Gasteiger charge is -2.41. The van der Waals surface area contributed by atoms with Gasteiger partial charge in [0.1, 0.15) is 5.41 Å². The number of aromatic nitrogens is 1. The summed E-state index contributed by atoms with van der Waals surface area (Å²) >= 11 is 0. The molecule has 0 radical (unpaired) electrons. The SMILES string of the molecule is CNC(c1cc[nH]c1)C1(C#N)COC1. The number of nitrogens with zero attached hydrogens (tertiary/aromatic N) is 1. The Kier molecular flexibility index (Phi) is 2.28. The Morgan fingerprint density at radius 2 is 2.50 bits per heavy atom. The smallest absolute Gasteiger partial charge is 0.123 e. The van der Waals surface area contributed by atoms with Crippen LogP contribution in [0.1, 0.15) is 11.6 Å². The van der Waals surface area contributed by atoms with E-state index in [1.807, 2.05) is 25.5 Å². The highest BCUT2D eigenvalue weighted by Gasteiger charge is 2.46. The molecule has 4 nitrogen and oxygen atoms in total. The monoisotopic (exact) mass is 191 g/mol. The van der Waals surface area contributed by atoms with E-state index in [1.54, 1.807) is 0 Å². The predicted molar refractivity (Wildman–Crippen MR) is 51.5 cm³/mol. The summed E-state index contributed by atoms with van der Waals surface area (Å²) in [6.45, 7) is 1.03. The van der Waals surface area contributed by atoms with Gasteiger partial charge in [0.2, 0.25) is 0 Å². The first-order chi connectivity index (χ1) is 6.82. The summed E-state index contributed by atoms with van der Waals surface area (Å²) in [7, 11) is 1.87. The van der Waals surface area contributed by atoms with Gasteiger partial charge in [-0.05, 0) is 18.7 Å². The van der Waals surface area contributed by atoms with Crippen LogP contribution in [0.4, 0.5) is 0 Å². The number of H-pyrrole nitrogens is 1. The third kappa shape index (κ3) is 1.22. The molecule has 1 aliphatic heterocycles. The van der Waals surface area contributed by atoms with Crippen molar-refractivity contribution >= 4 is 0 Å². The van der Waals surface area contributed by atoms with Gasteiger partial charge < -0.3 is 15.0 Å². The lowest BCUT2D eigenvalue weighted by molar-refractivity contribution is -0.0963. The first-order valence-corrected chi connectivity index (χ1v) is 4.61. The number of ether oxygens (including phenoxy) is 1. The van der Waals surface area contributed by atoms with Gasteiger partial charge >= 0.3 is 0 Å². The number of nitriles is 1. The standard InChI is InChI=1S/C10H13N3O/c1-12-9(8-2-3-13-4-8)10(5-11)6-14-7-10/h2-4,9,12-13H,6-7H2,1H3. The molecule has 0 aromatic carbocycles. The van der Waals surface area contributed by atoms with Crippen LogP contribution in [0.2, 0.25) is 0 Å². The topological polar surface area (TPSA) is 60.8 Å². The summed E-state index contributed by atoms with van der Waals surface area (Å²) < 4.78 is 5.14. The second-order valence-corrected chi connectivity index (χ2v) is 3.63. The molecule has 0 aliphatic carbocycles. The van der Waals surface area contributed by atoms with Crippen LogP contribution in [-0.4, -0.2) is 25.2 Å². The van der Waals surface area contributed by atoms with Gasteiger partial charge in [-0.25, -0.2) is 0 Å². The zero-order valence-electron chi connectivity index (χ0n) is 8.08. The Bertz CT molecular complexity index is 335. The molecule has 1 aromatic rings. The van der Waals surface area contributed by atoms with Crippen LogP contribution in [0, 0.1) is 16.7 Å². The molecular weight excluding hydrogens is 178 g/mol. The molecule has 1 aliphatic rings. The molecule has 0 bridgehead atoms. The fourth-order valence-electron chi connectivity index (χ4n) is 1.90. The van der Waals surface area contributed by atoms with Crippen LogP contribution in [0.25, 0.3) is 0 Å². The highest BCUT2D eigenvalue weighted by molar-refractivity contribution is 5.24. The van der Waals surface area contributed by atoms with Gasteiger partial charge in [-0.15, -0.1) is 0 Å². The summed E-state index contributed by atoms with van der Waals surface area (Å²) in [5.41, 5.74) is 0.717. The molecule has 1 aromatic heterocycles. The van der Waals surface area contributed by atoms with E-state index in [2.05, 4.69) is 16.4 Å². The van der Waals surface area contributed by atoms with Gasteiger partial charge in [-0.1, -0.05) is 0 Å². The molecule has 1 atom stereocenters. The largest absolute Gasteiger partial charge is 0.378 e. The minimum absolute atomic E-state index is 0.0486. The number of aromatic amines is 1. The minimum atomic E-state index is -0.392. The number of hydrogen-bond acceptors (Lipinski definition) is 3. The Labute approximate surface area is 82.9 Å². The van der Waals surface area contributed by atoms with Gasteiger partial charge in [0.15, 0.2) is 0 Å². The second-order valence-electron chi connectivity index (χ2n) is 3.63. The van der Waals surface area contributed by atoms with E-state index >= 15 is 0 Å². The first-order valence-electron chi connectivity index (χ1n) is 4.61. The lowest BCUT2D eigenvalue weighted by atomic mass is 9.77. The van der Waals surface area contributed by atoms with E-state index in [1.165, 1.54) is 0 Å². The third-order valence-corrected chi connectivity index (χ3v) is 2.74. The van der Waals surface area contributed by atoms with Crippen molar-refractivity contribution in [2.45, 2.75) is 6.04 Å². The summed E-state index contributed by atoms with van der Waals surface area (Å²) in [6, 6.07) is 4.39. The van der Waals surface area contributed by atoms with Crippen molar-refractivity contribution in [1.29, 1.82) is 5.26 Å². The van der Waals surface area contributed by atoms with E-state index in [9.17, 15) is 0 Å². The Morgan fingerprint density at radius 3 is 2.86 bits per heavy atom. The fourth-order valence-corrected chi connectivity index (χ4v) is 1.90. The molecule has 2 N–H and O–H groups in total. The summed E-state index contributed by atoms with van der Waals surface area (Å²) in [6.07, 6.45) is 3.78. The fraction of sp³-hybridized carbons (Fsp3) is 0.500. The second kappa shape index (κ2) is 3.45. The lowest BCUT2D eigenvalue weighted by Crippen LogP contribution is -2.50. The number of hydrogen-bond donors (Lipinski definition) is 2. The van der Waals surface area contributed by atoms with Crippen molar-refractivity contribution in [3.05, 3.63) is 24.0 Å². The Hall–Kier alpha value is -1.31. The van der Waals surface area contributed by atoms with Crippen LogP contribution < -0.4 is 5.32 Å². The van der Waals surface area contributed by atoms with E-state index in [-0.39, 0.29) is 6.04 Å². The maximum Gasteiger partial charge on any atom is 0.123 e. The van der Waals surface area contributed by atoms with Crippen LogP contribution in [0.5, 0.6) is 0 Å². The van der Waals surface area contributed by atoms with Gasteiger partial charge in [-0.2, -0.15) is 5.26 Å².